The number of carbonyl (C=O) groups excluding carboxylic acids is 1. The third kappa shape index (κ3) is 2.39. The van der Waals surface area contributed by atoms with Crippen molar-refractivity contribution in [2.24, 2.45) is 0 Å². The van der Waals surface area contributed by atoms with Crippen molar-refractivity contribution >= 4 is 11.6 Å². The van der Waals surface area contributed by atoms with Gasteiger partial charge < -0.3 is 10.4 Å². The molecule has 104 valence electrons. The standard InChI is InChI=1S/C13H15N5O2/c19-12(13(20)7-1-2-8-13)14-10-5-3-9(4-6-10)11-15-17-18-16-11/h3-6,20H,1-2,7-8H2,(H,14,19)(H,15,16,17,18). The smallest absolute Gasteiger partial charge is 0.256 e. The first-order valence-electron chi connectivity index (χ1n) is 6.55. The van der Waals surface area contributed by atoms with Crippen molar-refractivity contribution in [3.8, 4) is 11.4 Å². The van der Waals surface area contributed by atoms with E-state index in [-0.39, 0.29) is 5.91 Å². The lowest BCUT2D eigenvalue weighted by Gasteiger charge is -2.20. The monoisotopic (exact) mass is 273 g/mol. The molecule has 0 unspecified atom stereocenters. The largest absolute Gasteiger partial charge is 0.380 e. The van der Waals surface area contributed by atoms with Crippen LogP contribution in [0.5, 0.6) is 0 Å². The number of rotatable bonds is 3. The minimum absolute atomic E-state index is 0.331. The van der Waals surface area contributed by atoms with Crippen molar-refractivity contribution < 1.29 is 9.90 Å². The molecule has 1 amide bonds. The predicted molar refractivity (Wildman–Crippen MR) is 71.7 cm³/mol. The van der Waals surface area contributed by atoms with E-state index in [1.165, 1.54) is 0 Å². The van der Waals surface area contributed by atoms with Crippen LogP contribution in [0.3, 0.4) is 0 Å². The molecule has 1 aromatic carbocycles. The Morgan fingerprint density at radius 2 is 1.95 bits per heavy atom. The molecule has 3 N–H and O–H groups in total. The minimum atomic E-state index is -1.22. The average molecular weight is 273 g/mol. The Hall–Kier alpha value is -2.28. The lowest BCUT2D eigenvalue weighted by atomic mass is 10.0. The van der Waals surface area contributed by atoms with E-state index in [0.29, 0.717) is 24.4 Å². The summed E-state index contributed by atoms with van der Waals surface area (Å²) in [6, 6.07) is 7.09. The molecule has 0 saturated heterocycles. The number of aromatic amines is 1. The van der Waals surface area contributed by atoms with Crippen molar-refractivity contribution in [1.82, 2.24) is 20.6 Å². The topological polar surface area (TPSA) is 104 Å². The Bertz CT molecular complexity index is 588. The number of anilines is 1. The van der Waals surface area contributed by atoms with Gasteiger partial charge in [0.1, 0.15) is 5.60 Å². The molecule has 1 aliphatic carbocycles. The van der Waals surface area contributed by atoms with Crippen LogP contribution in [0.25, 0.3) is 11.4 Å². The van der Waals surface area contributed by atoms with Gasteiger partial charge in [-0.15, -0.1) is 10.2 Å². The van der Waals surface area contributed by atoms with Crippen LogP contribution >= 0.6 is 0 Å². The first-order chi connectivity index (χ1) is 9.67. The number of nitrogens with one attached hydrogen (secondary N) is 2. The number of aliphatic hydroxyl groups is 1. The Morgan fingerprint density at radius 3 is 2.55 bits per heavy atom. The number of H-pyrrole nitrogens is 1. The maximum atomic E-state index is 12.0. The normalized spacial score (nSPS) is 17.1. The van der Waals surface area contributed by atoms with Crippen LogP contribution in [-0.2, 0) is 4.79 Å². The number of hydrogen-bond donors (Lipinski definition) is 3. The molecule has 0 bridgehead atoms. The SMILES string of the molecule is O=C(Nc1ccc(-c2nn[nH]n2)cc1)C1(O)CCCC1. The van der Waals surface area contributed by atoms with Gasteiger partial charge in [-0.2, -0.15) is 5.21 Å². The summed E-state index contributed by atoms with van der Waals surface area (Å²) in [5.74, 6) is 0.166. The van der Waals surface area contributed by atoms with Crippen molar-refractivity contribution in [3.05, 3.63) is 24.3 Å². The van der Waals surface area contributed by atoms with Gasteiger partial charge in [-0.05, 0) is 55.2 Å². The predicted octanol–water partition coefficient (Wildman–Crippen LogP) is 1.11. The van der Waals surface area contributed by atoms with E-state index in [4.69, 9.17) is 0 Å². The number of carbonyl (C=O) groups is 1. The summed E-state index contributed by atoms with van der Waals surface area (Å²) in [5, 5.41) is 26.6. The van der Waals surface area contributed by atoms with E-state index in [1.807, 2.05) is 0 Å². The van der Waals surface area contributed by atoms with Gasteiger partial charge in [-0.25, -0.2) is 0 Å². The van der Waals surface area contributed by atoms with Crippen LogP contribution in [0.15, 0.2) is 24.3 Å². The van der Waals surface area contributed by atoms with Crippen molar-refractivity contribution in [2.75, 3.05) is 5.32 Å². The molecule has 0 spiro atoms. The molecule has 2 aromatic rings. The number of hydrogen-bond acceptors (Lipinski definition) is 5. The molecule has 1 aromatic heterocycles. The first kappa shape index (κ1) is 12.7. The fourth-order valence-electron chi connectivity index (χ4n) is 2.42. The maximum Gasteiger partial charge on any atom is 0.256 e. The third-order valence-electron chi connectivity index (χ3n) is 3.60. The summed E-state index contributed by atoms with van der Waals surface area (Å²) in [5.41, 5.74) is 0.227. The van der Waals surface area contributed by atoms with Crippen LogP contribution in [0, 0.1) is 0 Å². The molecule has 0 radical (unpaired) electrons. The Kier molecular flexibility index (Phi) is 3.19. The van der Waals surface area contributed by atoms with Gasteiger partial charge in [0.25, 0.3) is 5.91 Å². The molecule has 7 nitrogen and oxygen atoms in total. The molecule has 3 rings (SSSR count). The van der Waals surface area contributed by atoms with Crippen molar-refractivity contribution in [2.45, 2.75) is 31.3 Å². The van der Waals surface area contributed by atoms with E-state index in [2.05, 4.69) is 25.9 Å². The van der Waals surface area contributed by atoms with E-state index < -0.39 is 5.60 Å². The second-order valence-corrected chi connectivity index (χ2v) is 5.01. The van der Waals surface area contributed by atoms with Crippen molar-refractivity contribution in [1.29, 1.82) is 0 Å². The molecular formula is C13H15N5O2. The van der Waals surface area contributed by atoms with Crippen LogP contribution in [-0.4, -0.2) is 37.2 Å². The molecule has 1 fully saturated rings. The van der Waals surface area contributed by atoms with Crippen molar-refractivity contribution in [3.63, 3.8) is 0 Å². The van der Waals surface area contributed by atoms with Crippen LogP contribution in [0.2, 0.25) is 0 Å². The first-order valence-corrected chi connectivity index (χ1v) is 6.55. The zero-order valence-electron chi connectivity index (χ0n) is 10.8. The second kappa shape index (κ2) is 5.01. The summed E-state index contributed by atoms with van der Waals surface area (Å²) >= 11 is 0. The van der Waals surface area contributed by atoms with Crippen LogP contribution < -0.4 is 5.32 Å². The van der Waals surface area contributed by atoms with E-state index >= 15 is 0 Å². The van der Waals surface area contributed by atoms with Gasteiger partial charge in [0, 0.05) is 11.3 Å². The van der Waals surface area contributed by atoms with Gasteiger partial charge in [0.05, 0.1) is 0 Å². The average Bonchev–Trinajstić information content (AvgIpc) is 3.11. The Balaban J connectivity index is 1.71. The van der Waals surface area contributed by atoms with E-state index in [1.54, 1.807) is 24.3 Å². The lowest BCUT2D eigenvalue weighted by Crippen LogP contribution is -2.40. The van der Waals surface area contributed by atoms with Crippen LogP contribution in [0.1, 0.15) is 25.7 Å². The molecular weight excluding hydrogens is 258 g/mol. The van der Waals surface area contributed by atoms with Gasteiger partial charge in [0.15, 0.2) is 0 Å². The van der Waals surface area contributed by atoms with Crippen LogP contribution in [0.4, 0.5) is 5.69 Å². The lowest BCUT2D eigenvalue weighted by molar-refractivity contribution is -0.133. The summed E-state index contributed by atoms with van der Waals surface area (Å²) in [6.45, 7) is 0. The highest BCUT2D eigenvalue weighted by Gasteiger charge is 2.38. The highest BCUT2D eigenvalue weighted by atomic mass is 16.3. The molecule has 0 atom stereocenters. The minimum Gasteiger partial charge on any atom is -0.380 e. The Morgan fingerprint density at radius 1 is 1.25 bits per heavy atom. The maximum absolute atomic E-state index is 12.0. The highest BCUT2D eigenvalue weighted by Crippen LogP contribution is 2.30. The second-order valence-electron chi connectivity index (χ2n) is 5.01. The summed E-state index contributed by atoms with van der Waals surface area (Å²) in [6.07, 6.45) is 2.83. The molecule has 0 aliphatic heterocycles. The van der Waals surface area contributed by atoms with Gasteiger partial charge >= 0.3 is 0 Å². The third-order valence-corrected chi connectivity index (χ3v) is 3.60. The number of nitrogens with zero attached hydrogens (tertiary/aromatic N) is 3. The number of tetrazole rings is 1. The fourth-order valence-corrected chi connectivity index (χ4v) is 2.42. The fraction of sp³-hybridized carbons (Fsp3) is 0.385. The zero-order chi connectivity index (χ0) is 14.0. The molecule has 1 heterocycles. The number of aromatic nitrogens is 4. The molecule has 7 heteroatoms. The molecule has 1 saturated carbocycles. The summed E-state index contributed by atoms with van der Waals surface area (Å²) in [4.78, 5) is 12.0. The summed E-state index contributed by atoms with van der Waals surface area (Å²) < 4.78 is 0. The highest BCUT2D eigenvalue weighted by molar-refractivity contribution is 5.97. The number of benzene rings is 1. The number of amides is 1. The van der Waals surface area contributed by atoms with E-state index in [0.717, 1.165) is 18.4 Å². The van der Waals surface area contributed by atoms with Gasteiger partial charge in [0.2, 0.25) is 5.82 Å². The van der Waals surface area contributed by atoms with Gasteiger partial charge in [-0.1, -0.05) is 0 Å². The molecule has 1 aliphatic rings. The van der Waals surface area contributed by atoms with Gasteiger partial charge in [-0.3, -0.25) is 4.79 Å². The molecule has 20 heavy (non-hydrogen) atoms. The zero-order valence-corrected chi connectivity index (χ0v) is 10.8. The van der Waals surface area contributed by atoms with E-state index in [9.17, 15) is 9.90 Å². The summed E-state index contributed by atoms with van der Waals surface area (Å²) in [7, 11) is 0. The Labute approximate surface area is 115 Å². The quantitative estimate of drug-likeness (QED) is 0.777.